The summed E-state index contributed by atoms with van der Waals surface area (Å²) in [5.74, 6) is -1.34. The molecule has 0 spiro atoms. The normalized spacial score (nSPS) is 16.5. The number of thioether (sulfide) groups is 1. The Morgan fingerprint density at radius 3 is 2.85 bits per heavy atom. The molecule has 136 valence electrons. The molecule has 0 aliphatic carbocycles. The van der Waals surface area contributed by atoms with Crippen LogP contribution in [0.25, 0.3) is 0 Å². The lowest BCUT2D eigenvalue weighted by Crippen LogP contribution is -2.27. The van der Waals surface area contributed by atoms with Crippen LogP contribution in [0.4, 0.5) is 20.6 Å². The number of carbonyl (C=O) groups is 2. The highest BCUT2D eigenvalue weighted by atomic mass is 32.2. The van der Waals surface area contributed by atoms with E-state index >= 15 is 0 Å². The van der Waals surface area contributed by atoms with Crippen molar-refractivity contribution in [2.75, 3.05) is 29.6 Å². The minimum atomic E-state index is -0.738. The Kier molecular flexibility index (Phi) is 5.38. The first-order valence-corrected chi connectivity index (χ1v) is 9.03. The lowest BCUT2D eigenvalue weighted by Gasteiger charge is -2.14. The van der Waals surface area contributed by atoms with Gasteiger partial charge in [-0.05, 0) is 36.6 Å². The van der Waals surface area contributed by atoms with Crippen LogP contribution in [0.5, 0.6) is 0 Å². The molecule has 1 saturated heterocycles. The van der Waals surface area contributed by atoms with Gasteiger partial charge in [-0.3, -0.25) is 9.69 Å². The number of amides is 2. The minimum Gasteiger partial charge on any atom is -0.443 e. The number of cyclic esters (lactones) is 1. The van der Waals surface area contributed by atoms with E-state index < -0.39 is 23.9 Å². The monoisotopic (exact) mass is 376 g/mol. The van der Waals surface area contributed by atoms with E-state index in [1.807, 2.05) is 6.26 Å². The maximum Gasteiger partial charge on any atom is 0.414 e. The van der Waals surface area contributed by atoms with E-state index in [0.717, 1.165) is 11.1 Å². The number of anilines is 2. The zero-order valence-electron chi connectivity index (χ0n) is 13.9. The molecule has 1 aliphatic heterocycles. The highest BCUT2D eigenvalue weighted by Gasteiger charge is 2.32. The summed E-state index contributed by atoms with van der Waals surface area (Å²) < 4.78 is 19.4. The molecule has 0 bridgehead atoms. The Bertz CT molecular complexity index is 831. The molecule has 7 nitrogen and oxygen atoms in total. The Hall–Kier alpha value is -2.65. The van der Waals surface area contributed by atoms with Crippen molar-refractivity contribution < 1.29 is 18.7 Å². The smallest absolute Gasteiger partial charge is 0.414 e. The molecule has 1 aromatic carbocycles. The maximum atomic E-state index is 14.4. The second kappa shape index (κ2) is 7.71. The van der Waals surface area contributed by atoms with Crippen LogP contribution in [0.3, 0.4) is 0 Å². The average molecular weight is 376 g/mol. The number of carbonyl (C=O) groups excluding carboxylic acids is 2. The number of hydrogen-bond acceptors (Lipinski definition) is 6. The number of rotatable bonds is 5. The Labute approximate surface area is 153 Å². The predicted octanol–water partition coefficient (Wildman–Crippen LogP) is 2.48. The van der Waals surface area contributed by atoms with Crippen molar-refractivity contribution in [1.82, 2.24) is 4.98 Å². The summed E-state index contributed by atoms with van der Waals surface area (Å²) in [7, 11) is 0. The van der Waals surface area contributed by atoms with Crippen molar-refractivity contribution in [3.05, 3.63) is 47.9 Å². The van der Waals surface area contributed by atoms with Gasteiger partial charge >= 0.3 is 6.09 Å². The van der Waals surface area contributed by atoms with Crippen molar-refractivity contribution in [2.24, 2.45) is 5.73 Å². The van der Waals surface area contributed by atoms with E-state index in [2.05, 4.69) is 10.3 Å². The van der Waals surface area contributed by atoms with Gasteiger partial charge in [-0.15, -0.1) is 11.8 Å². The van der Waals surface area contributed by atoms with Crippen molar-refractivity contribution >= 4 is 35.1 Å². The van der Waals surface area contributed by atoms with E-state index in [0.29, 0.717) is 11.4 Å². The van der Waals surface area contributed by atoms with Gasteiger partial charge in [0.2, 0.25) is 0 Å². The number of aromatic nitrogens is 1. The topological polar surface area (TPSA) is 97.5 Å². The third kappa shape index (κ3) is 3.78. The van der Waals surface area contributed by atoms with Crippen LogP contribution in [0.15, 0.2) is 41.6 Å². The minimum absolute atomic E-state index is 0.134. The molecule has 1 aromatic heterocycles. The van der Waals surface area contributed by atoms with Gasteiger partial charge in [0.1, 0.15) is 11.9 Å². The number of benzene rings is 1. The van der Waals surface area contributed by atoms with Gasteiger partial charge in [-0.2, -0.15) is 0 Å². The largest absolute Gasteiger partial charge is 0.443 e. The fraction of sp³-hybridized carbons (Fsp3) is 0.235. The van der Waals surface area contributed by atoms with E-state index in [4.69, 9.17) is 10.5 Å². The zero-order chi connectivity index (χ0) is 18.7. The van der Waals surface area contributed by atoms with Gasteiger partial charge in [0.05, 0.1) is 34.7 Å². The highest BCUT2D eigenvalue weighted by Crippen LogP contribution is 2.24. The Morgan fingerprint density at radius 1 is 1.46 bits per heavy atom. The molecular formula is C17H17FN4O3S. The fourth-order valence-electron chi connectivity index (χ4n) is 2.48. The van der Waals surface area contributed by atoms with Crippen LogP contribution >= 0.6 is 11.8 Å². The van der Waals surface area contributed by atoms with Crippen LogP contribution in [0, 0.1) is 5.82 Å². The number of nitrogens with zero attached hydrogens (tertiary/aromatic N) is 2. The van der Waals surface area contributed by atoms with E-state index in [1.165, 1.54) is 35.0 Å². The van der Waals surface area contributed by atoms with Gasteiger partial charge in [0.25, 0.3) is 5.91 Å². The Morgan fingerprint density at radius 2 is 2.27 bits per heavy atom. The molecule has 0 saturated carbocycles. The summed E-state index contributed by atoms with van der Waals surface area (Å²) in [5.41, 5.74) is 6.12. The molecule has 26 heavy (non-hydrogen) atoms. The van der Waals surface area contributed by atoms with Crippen molar-refractivity contribution in [3.63, 3.8) is 0 Å². The van der Waals surface area contributed by atoms with Crippen molar-refractivity contribution in [1.29, 1.82) is 0 Å². The van der Waals surface area contributed by atoms with Gasteiger partial charge in [-0.25, -0.2) is 14.2 Å². The molecule has 2 aromatic rings. The summed E-state index contributed by atoms with van der Waals surface area (Å²) in [5, 5.41) is 3.40. The SMILES string of the molecule is CSc1ccc(NC(=O)c2ccc(N3C[C@H](CN)OC3=O)cc2F)cn1. The zero-order valence-corrected chi connectivity index (χ0v) is 14.8. The molecule has 3 rings (SSSR count). The van der Waals surface area contributed by atoms with Gasteiger partial charge in [-0.1, -0.05) is 0 Å². The van der Waals surface area contributed by atoms with E-state index in [9.17, 15) is 14.0 Å². The summed E-state index contributed by atoms with van der Waals surface area (Å²) in [6.45, 7) is 0.433. The van der Waals surface area contributed by atoms with Crippen LogP contribution < -0.4 is 16.0 Å². The number of hydrogen-bond donors (Lipinski definition) is 2. The molecule has 0 unspecified atom stereocenters. The quantitative estimate of drug-likeness (QED) is 0.778. The third-order valence-corrected chi connectivity index (χ3v) is 4.51. The lowest BCUT2D eigenvalue weighted by atomic mass is 10.1. The molecule has 3 N–H and O–H groups in total. The average Bonchev–Trinajstić information content (AvgIpc) is 3.03. The molecule has 0 radical (unpaired) electrons. The number of pyridine rings is 1. The highest BCUT2D eigenvalue weighted by molar-refractivity contribution is 7.98. The fourth-order valence-corrected chi connectivity index (χ4v) is 2.85. The first-order chi connectivity index (χ1) is 12.5. The number of nitrogens with one attached hydrogen (secondary N) is 1. The molecule has 2 heterocycles. The first kappa shape index (κ1) is 18.2. The summed E-state index contributed by atoms with van der Waals surface area (Å²) in [4.78, 5) is 29.5. The molecule has 2 amide bonds. The van der Waals surface area contributed by atoms with E-state index in [1.54, 1.807) is 12.1 Å². The summed E-state index contributed by atoms with van der Waals surface area (Å²) >= 11 is 1.48. The van der Waals surface area contributed by atoms with Gasteiger partial charge < -0.3 is 15.8 Å². The van der Waals surface area contributed by atoms with Crippen LogP contribution in [-0.4, -0.2) is 42.4 Å². The first-order valence-electron chi connectivity index (χ1n) is 7.81. The number of nitrogens with two attached hydrogens (primary N) is 1. The van der Waals surface area contributed by atoms with Crippen LogP contribution in [-0.2, 0) is 4.74 Å². The number of ether oxygens (including phenoxy) is 1. The standard InChI is InChI=1S/C17H17FN4O3S/c1-26-15-5-2-10(8-20-15)21-16(23)13-4-3-11(6-14(13)18)22-9-12(7-19)25-17(22)24/h2-6,8,12H,7,9,19H2,1H3,(H,21,23)/t12-/m0/s1. The molecular weight excluding hydrogens is 359 g/mol. The summed E-state index contributed by atoms with van der Waals surface area (Å²) in [6.07, 6.45) is 2.38. The second-order valence-electron chi connectivity index (χ2n) is 5.56. The lowest BCUT2D eigenvalue weighted by molar-refractivity contribution is 0.102. The van der Waals surface area contributed by atoms with Gasteiger partial charge in [0, 0.05) is 6.54 Å². The van der Waals surface area contributed by atoms with Crippen molar-refractivity contribution in [3.8, 4) is 0 Å². The Balaban J connectivity index is 1.74. The molecule has 1 aliphatic rings. The molecule has 1 fully saturated rings. The molecule has 1 atom stereocenters. The summed E-state index contributed by atoms with van der Waals surface area (Å²) in [6, 6.07) is 7.40. The third-order valence-electron chi connectivity index (χ3n) is 3.85. The molecule has 9 heteroatoms. The number of halogens is 1. The maximum absolute atomic E-state index is 14.4. The predicted molar refractivity (Wildman–Crippen MR) is 97.0 cm³/mol. The van der Waals surface area contributed by atoms with Crippen molar-refractivity contribution in [2.45, 2.75) is 11.1 Å². The second-order valence-corrected chi connectivity index (χ2v) is 6.39. The van der Waals surface area contributed by atoms with Gasteiger partial charge in [0.15, 0.2) is 0 Å². The van der Waals surface area contributed by atoms with Crippen LogP contribution in [0.2, 0.25) is 0 Å². The van der Waals surface area contributed by atoms with Crippen LogP contribution in [0.1, 0.15) is 10.4 Å². The van der Waals surface area contributed by atoms with E-state index in [-0.39, 0.29) is 18.7 Å².